The SMILES string of the molecule is COc1cccc([C@]2(O)C[C@H]3CC[C@@H](C2)N3Cc2ccccc2)c1.Cl. The zero-order valence-electron chi connectivity index (χ0n) is 14.6. The van der Waals surface area contributed by atoms with Gasteiger partial charge in [0.25, 0.3) is 0 Å². The van der Waals surface area contributed by atoms with Crippen LogP contribution < -0.4 is 4.74 Å². The fourth-order valence-corrected chi connectivity index (χ4v) is 4.52. The van der Waals surface area contributed by atoms with Crippen LogP contribution in [0.3, 0.4) is 0 Å². The van der Waals surface area contributed by atoms with Gasteiger partial charge in [0.05, 0.1) is 12.7 Å². The molecule has 0 aliphatic carbocycles. The Morgan fingerprint density at radius 2 is 1.72 bits per heavy atom. The van der Waals surface area contributed by atoms with Crippen LogP contribution in [0.15, 0.2) is 54.6 Å². The lowest BCUT2D eigenvalue weighted by Gasteiger charge is -2.44. The number of piperidine rings is 1. The molecular weight excluding hydrogens is 334 g/mol. The molecule has 1 N–H and O–H groups in total. The first kappa shape index (κ1) is 18.2. The summed E-state index contributed by atoms with van der Waals surface area (Å²) in [5.41, 5.74) is 1.63. The highest BCUT2D eigenvalue weighted by atomic mass is 35.5. The Hall–Kier alpha value is -1.55. The predicted molar refractivity (Wildman–Crippen MR) is 102 cm³/mol. The maximum absolute atomic E-state index is 11.3. The van der Waals surface area contributed by atoms with E-state index in [1.807, 2.05) is 24.3 Å². The Labute approximate surface area is 156 Å². The van der Waals surface area contributed by atoms with Gasteiger partial charge in [0.15, 0.2) is 0 Å². The number of rotatable bonds is 4. The molecule has 0 radical (unpaired) electrons. The number of benzene rings is 2. The van der Waals surface area contributed by atoms with Gasteiger partial charge >= 0.3 is 0 Å². The molecule has 2 bridgehead atoms. The summed E-state index contributed by atoms with van der Waals surface area (Å²) in [7, 11) is 1.68. The molecule has 0 spiro atoms. The maximum atomic E-state index is 11.3. The second kappa shape index (κ2) is 7.36. The monoisotopic (exact) mass is 359 g/mol. The Morgan fingerprint density at radius 1 is 1.04 bits per heavy atom. The van der Waals surface area contributed by atoms with E-state index < -0.39 is 5.60 Å². The molecule has 3 atom stereocenters. The van der Waals surface area contributed by atoms with E-state index in [9.17, 15) is 5.11 Å². The Bertz CT molecular complexity index is 692. The quantitative estimate of drug-likeness (QED) is 0.890. The lowest BCUT2D eigenvalue weighted by Crippen LogP contribution is -2.49. The Kier molecular flexibility index (Phi) is 5.38. The summed E-state index contributed by atoms with van der Waals surface area (Å²) in [6.07, 6.45) is 3.99. The molecule has 2 aliphatic rings. The van der Waals surface area contributed by atoms with Crippen molar-refractivity contribution in [3.05, 3.63) is 65.7 Å². The number of hydrogen-bond donors (Lipinski definition) is 1. The topological polar surface area (TPSA) is 32.7 Å². The minimum Gasteiger partial charge on any atom is -0.497 e. The van der Waals surface area contributed by atoms with Crippen molar-refractivity contribution < 1.29 is 9.84 Å². The van der Waals surface area contributed by atoms with Crippen molar-refractivity contribution >= 4 is 12.4 Å². The second-order valence-corrected chi connectivity index (χ2v) is 7.21. The van der Waals surface area contributed by atoms with Crippen LogP contribution in [0.2, 0.25) is 0 Å². The first-order valence-electron chi connectivity index (χ1n) is 8.84. The summed E-state index contributed by atoms with van der Waals surface area (Å²) in [6.45, 7) is 0.990. The molecule has 3 nitrogen and oxygen atoms in total. The Morgan fingerprint density at radius 3 is 2.36 bits per heavy atom. The zero-order valence-corrected chi connectivity index (χ0v) is 15.4. The molecule has 134 valence electrons. The summed E-state index contributed by atoms with van der Waals surface area (Å²) in [6, 6.07) is 19.5. The molecular formula is C21H26ClNO2. The minimum absolute atomic E-state index is 0. The van der Waals surface area contributed by atoms with Crippen LogP contribution in [0, 0.1) is 0 Å². The molecule has 2 saturated heterocycles. The predicted octanol–water partition coefficient (Wildman–Crippen LogP) is 4.13. The molecule has 4 rings (SSSR count). The van der Waals surface area contributed by atoms with Gasteiger partial charge in [-0.15, -0.1) is 12.4 Å². The minimum atomic E-state index is -0.729. The molecule has 2 aromatic rings. The molecule has 0 unspecified atom stereocenters. The zero-order chi connectivity index (χ0) is 16.6. The van der Waals surface area contributed by atoms with Gasteiger partial charge in [-0.3, -0.25) is 4.90 Å². The first-order chi connectivity index (χ1) is 11.7. The smallest absolute Gasteiger partial charge is 0.119 e. The van der Waals surface area contributed by atoms with Crippen LogP contribution in [0.5, 0.6) is 5.75 Å². The van der Waals surface area contributed by atoms with Crippen molar-refractivity contribution in [1.82, 2.24) is 4.90 Å². The lowest BCUT2D eigenvalue weighted by molar-refractivity contribution is -0.0596. The number of methoxy groups -OCH3 is 1. The van der Waals surface area contributed by atoms with Gasteiger partial charge in [-0.25, -0.2) is 0 Å². The normalized spacial score (nSPS) is 28.4. The van der Waals surface area contributed by atoms with Crippen LogP contribution >= 0.6 is 12.4 Å². The van der Waals surface area contributed by atoms with E-state index >= 15 is 0 Å². The summed E-state index contributed by atoms with van der Waals surface area (Å²) >= 11 is 0. The number of hydrogen-bond acceptors (Lipinski definition) is 3. The van der Waals surface area contributed by atoms with Gasteiger partial charge in [-0.2, -0.15) is 0 Å². The molecule has 2 aliphatic heterocycles. The average Bonchev–Trinajstić information content (AvgIpc) is 2.86. The van der Waals surface area contributed by atoms with E-state index in [2.05, 4.69) is 35.2 Å². The van der Waals surface area contributed by atoms with Gasteiger partial charge in [0.1, 0.15) is 5.75 Å². The van der Waals surface area contributed by atoms with Crippen LogP contribution in [0.25, 0.3) is 0 Å². The van der Waals surface area contributed by atoms with Gasteiger partial charge in [0.2, 0.25) is 0 Å². The highest BCUT2D eigenvalue weighted by Gasteiger charge is 2.48. The van der Waals surface area contributed by atoms with Crippen molar-refractivity contribution in [2.75, 3.05) is 7.11 Å². The van der Waals surface area contributed by atoms with Crippen molar-refractivity contribution in [3.63, 3.8) is 0 Å². The number of nitrogens with zero attached hydrogens (tertiary/aromatic N) is 1. The van der Waals surface area contributed by atoms with Gasteiger partial charge < -0.3 is 9.84 Å². The second-order valence-electron chi connectivity index (χ2n) is 7.21. The molecule has 0 amide bonds. The number of halogens is 1. The highest BCUT2D eigenvalue weighted by Crippen LogP contribution is 2.46. The van der Waals surface area contributed by atoms with Crippen LogP contribution in [0.4, 0.5) is 0 Å². The summed E-state index contributed by atoms with van der Waals surface area (Å²) in [5.74, 6) is 0.819. The largest absolute Gasteiger partial charge is 0.497 e. The average molecular weight is 360 g/mol. The van der Waals surface area contributed by atoms with Crippen molar-refractivity contribution in [2.45, 2.75) is 49.9 Å². The van der Waals surface area contributed by atoms with Crippen molar-refractivity contribution in [2.24, 2.45) is 0 Å². The summed E-state index contributed by atoms with van der Waals surface area (Å²) in [5, 5.41) is 11.3. The third-order valence-electron chi connectivity index (χ3n) is 5.73. The van der Waals surface area contributed by atoms with Crippen LogP contribution in [-0.4, -0.2) is 29.2 Å². The van der Waals surface area contributed by atoms with E-state index in [0.717, 1.165) is 30.7 Å². The molecule has 4 heteroatoms. The van der Waals surface area contributed by atoms with Crippen molar-refractivity contribution in [1.29, 1.82) is 0 Å². The van der Waals surface area contributed by atoms with E-state index in [1.54, 1.807) is 7.11 Å². The maximum Gasteiger partial charge on any atom is 0.119 e. The standard InChI is InChI=1S/C21H25NO2.ClH/c1-24-20-9-5-8-17(12-20)21(23)13-18-10-11-19(14-21)22(18)15-16-6-3-2-4-7-16;/h2-9,12,18-19,23H,10-11,13-15H2,1H3;1H/t18-,19+,21+;. The number of fused-ring (bicyclic) bond motifs is 2. The lowest BCUT2D eigenvalue weighted by atomic mass is 9.80. The van der Waals surface area contributed by atoms with E-state index in [-0.39, 0.29) is 12.4 Å². The fourth-order valence-electron chi connectivity index (χ4n) is 4.52. The highest BCUT2D eigenvalue weighted by molar-refractivity contribution is 5.85. The van der Waals surface area contributed by atoms with Gasteiger partial charge in [-0.1, -0.05) is 42.5 Å². The van der Waals surface area contributed by atoms with Crippen LogP contribution in [0.1, 0.15) is 36.8 Å². The first-order valence-corrected chi connectivity index (χ1v) is 8.84. The number of aliphatic hydroxyl groups is 1. The van der Waals surface area contributed by atoms with Gasteiger partial charge in [-0.05, 0) is 48.9 Å². The Balaban J connectivity index is 0.00000182. The van der Waals surface area contributed by atoms with Crippen LogP contribution in [-0.2, 0) is 12.1 Å². The molecule has 2 fully saturated rings. The van der Waals surface area contributed by atoms with Gasteiger partial charge in [0, 0.05) is 18.6 Å². The number of ether oxygens (including phenoxy) is 1. The molecule has 2 heterocycles. The fraction of sp³-hybridized carbons (Fsp3) is 0.429. The van der Waals surface area contributed by atoms with E-state index in [1.165, 1.54) is 18.4 Å². The third kappa shape index (κ3) is 3.55. The molecule has 2 aromatic carbocycles. The molecule has 25 heavy (non-hydrogen) atoms. The van der Waals surface area contributed by atoms with Crippen molar-refractivity contribution in [3.8, 4) is 5.75 Å². The summed E-state index contributed by atoms with van der Waals surface area (Å²) in [4.78, 5) is 2.60. The molecule has 0 saturated carbocycles. The third-order valence-corrected chi connectivity index (χ3v) is 5.73. The van der Waals surface area contributed by atoms with E-state index in [4.69, 9.17) is 4.74 Å². The molecule has 0 aromatic heterocycles. The summed E-state index contributed by atoms with van der Waals surface area (Å²) < 4.78 is 5.34. The van der Waals surface area contributed by atoms with E-state index in [0.29, 0.717) is 12.1 Å².